The minimum absolute atomic E-state index is 0. The topological polar surface area (TPSA) is 48.6 Å². The second-order valence-corrected chi connectivity index (χ2v) is 16.5. The van der Waals surface area contributed by atoms with Crippen molar-refractivity contribution in [1.82, 2.24) is 9.55 Å². The standard InChI is InChI=1S/C48H43N3O2.Pt/c1-30-20-21-42-39(23-30)38-17-14-22-49-43(38)51(42)35-27-34(45(2,3)4)28-37(29-35)52-36-25-32(31-15-10-9-11-16-31)24-33(26-36)44-50-48(8)46(5,6)40-18-12-13-19-41(40)47(48,7)53-44;/h9-25,27-28H,1-8H3;/q-2;+2/t47-,48+;/m0./s1. The van der Waals surface area contributed by atoms with Crippen LogP contribution in [0.15, 0.2) is 120 Å². The third-order valence-corrected chi connectivity index (χ3v) is 11.9. The van der Waals surface area contributed by atoms with Crippen molar-refractivity contribution < 1.29 is 30.5 Å². The summed E-state index contributed by atoms with van der Waals surface area (Å²) in [7, 11) is 0. The minimum Gasteiger partial charge on any atom is -0.508 e. The van der Waals surface area contributed by atoms with Gasteiger partial charge in [-0.3, -0.25) is 4.99 Å². The van der Waals surface area contributed by atoms with Crippen LogP contribution in [0.3, 0.4) is 0 Å². The van der Waals surface area contributed by atoms with E-state index >= 15 is 0 Å². The molecule has 0 amide bonds. The normalized spacial score (nSPS) is 19.9. The minimum atomic E-state index is -0.640. The largest absolute Gasteiger partial charge is 2.00 e. The van der Waals surface area contributed by atoms with Crippen LogP contribution in [0.5, 0.6) is 11.5 Å². The SMILES string of the molecule is Cc1ccc2c(c1)c1cccnc1n2-c1[c-]c(Oc2[c-]c(C3=N[C@]4(C)C(C)(C)c5ccccc5[C@]4(C)O3)cc(-c3ccccc3)c2)cc(C(C)(C)C)c1.[Pt+2]. The molecule has 6 heteroatoms. The zero-order chi connectivity index (χ0) is 36.9. The van der Waals surface area contributed by atoms with Gasteiger partial charge < -0.3 is 14.0 Å². The van der Waals surface area contributed by atoms with Crippen molar-refractivity contribution in [3.8, 4) is 28.3 Å². The molecule has 1 aliphatic heterocycles. The Morgan fingerprint density at radius 3 is 2.20 bits per heavy atom. The number of ether oxygens (including phenoxy) is 2. The van der Waals surface area contributed by atoms with Gasteiger partial charge in [0.05, 0.1) is 5.52 Å². The van der Waals surface area contributed by atoms with E-state index in [-0.39, 0.29) is 31.9 Å². The van der Waals surface area contributed by atoms with E-state index in [2.05, 4.69) is 163 Å². The third-order valence-electron chi connectivity index (χ3n) is 11.9. The van der Waals surface area contributed by atoms with Gasteiger partial charge in [0, 0.05) is 39.4 Å². The molecular weight excluding hydrogens is 846 g/mol. The van der Waals surface area contributed by atoms with Crippen LogP contribution < -0.4 is 4.74 Å². The molecule has 2 aliphatic rings. The smallest absolute Gasteiger partial charge is 0.508 e. The third kappa shape index (κ3) is 5.38. The number of pyridine rings is 1. The Balaban J connectivity index is 0.00000413. The van der Waals surface area contributed by atoms with Gasteiger partial charge in [0.25, 0.3) is 0 Å². The fraction of sp³-hybridized carbons (Fsp3) is 0.250. The van der Waals surface area contributed by atoms with Crippen molar-refractivity contribution in [2.45, 2.75) is 77.4 Å². The molecule has 5 nitrogen and oxygen atoms in total. The average molecular weight is 889 g/mol. The number of aryl methyl sites for hydroxylation is 1. The molecule has 54 heavy (non-hydrogen) atoms. The van der Waals surface area contributed by atoms with Gasteiger partial charge in [-0.15, -0.1) is 29.8 Å². The molecule has 5 aromatic carbocycles. The van der Waals surface area contributed by atoms with Gasteiger partial charge in [0.2, 0.25) is 0 Å². The molecule has 0 saturated heterocycles. The molecule has 0 fully saturated rings. The molecule has 0 saturated carbocycles. The molecule has 0 bridgehead atoms. The first-order valence-electron chi connectivity index (χ1n) is 18.4. The fourth-order valence-electron chi connectivity index (χ4n) is 8.47. The summed E-state index contributed by atoms with van der Waals surface area (Å²) in [5, 5.41) is 2.26. The maximum atomic E-state index is 6.99. The molecule has 272 valence electrons. The van der Waals surface area contributed by atoms with Crippen molar-refractivity contribution in [3.63, 3.8) is 0 Å². The predicted octanol–water partition coefficient (Wildman–Crippen LogP) is 11.6. The van der Waals surface area contributed by atoms with Crippen molar-refractivity contribution in [2.24, 2.45) is 4.99 Å². The summed E-state index contributed by atoms with van der Waals surface area (Å²) < 4.78 is 16.0. The maximum Gasteiger partial charge on any atom is 2.00 e. The van der Waals surface area contributed by atoms with Gasteiger partial charge in [0.1, 0.15) is 22.7 Å². The molecule has 9 rings (SSSR count). The maximum absolute atomic E-state index is 6.99. The summed E-state index contributed by atoms with van der Waals surface area (Å²) in [6.07, 6.45) is 1.85. The molecule has 2 atom stereocenters. The predicted molar refractivity (Wildman–Crippen MR) is 214 cm³/mol. The molecule has 0 spiro atoms. The molecule has 0 N–H and O–H groups in total. The van der Waals surface area contributed by atoms with Crippen molar-refractivity contribution >= 4 is 27.8 Å². The molecule has 1 aliphatic carbocycles. The van der Waals surface area contributed by atoms with Crippen LogP contribution >= 0.6 is 0 Å². The van der Waals surface area contributed by atoms with E-state index in [1.54, 1.807) is 0 Å². The van der Waals surface area contributed by atoms with Crippen LogP contribution in [-0.4, -0.2) is 21.0 Å². The summed E-state index contributed by atoms with van der Waals surface area (Å²) in [5.74, 6) is 1.72. The Kier molecular flexibility index (Phi) is 8.36. The molecule has 2 aromatic heterocycles. The Morgan fingerprint density at radius 1 is 0.722 bits per heavy atom. The molecular formula is C48H43N3O2Pt. The Bertz CT molecular complexity index is 2630. The van der Waals surface area contributed by atoms with Crippen molar-refractivity contribution in [3.05, 3.63) is 155 Å². The van der Waals surface area contributed by atoms with E-state index in [4.69, 9.17) is 19.5 Å². The zero-order valence-corrected chi connectivity index (χ0v) is 34.2. The zero-order valence-electron chi connectivity index (χ0n) is 31.9. The number of aliphatic imine (C=N–C) groups is 1. The van der Waals surface area contributed by atoms with E-state index in [9.17, 15) is 0 Å². The number of hydrogen-bond acceptors (Lipinski definition) is 4. The van der Waals surface area contributed by atoms with E-state index in [0.29, 0.717) is 17.4 Å². The first kappa shape index (κ1) is 36.0. The van der Waals surface area contributed by atoms with E-state index in [1.165, 1.54) is 16.7 Å². The van der Waals surface area contributed by atoms with Gasteiger partial charge >= 0.3 is 21.1 Å². The average Bonchev–Trinajstić information content (AvgIpc) is 3.67. The molecule has 0 unspecified atom stereocenters. The second kappa shape index (κ2) is 12.5. The summed E-state index contributed by atoms with van der Waals surface area (Å²) in [6, 6.07) is 45.3. The van der Waals surface area contributed by atoms with Crippen molar-refractivity contribution in [1.29, 1.82) is 0 Å². The fourth-order valence-corrected chi connectivity index (χ4v) is 8.47. The Hall–Kier alpha value is -4.99. The summed E-state index contributed by atoms with van der Waals surface area (Å²) in [4.78, 5) is 10.3. The van der Waals surface area contributed by atoms with E-state index < -0.39 is 11.1 Å². The number of benzene rings is 5. The number of fused-ring (bicyclic) bond motifs is 6. The number of nitrogens with zero attached hydrogens (tertiary/aromatic N) is 3. The van der Waals surface area contributed by atoms with Gasteiger partial charge in [-0.2, -0.15) is 0 Å². The number of aromatic nitrogens is 2. The van der Waals surface area contributed by atoms with Gasteiger partial charge in [-0.1, -0.05) is 130 Å². The number of rotatable bonds is 5. The molecule has 3 heterocycles. The van der Waals surface area contributed by atoms with Gasteiger partial charge in [-0.25, -0.2) is 4.98 Å². The quantitative estimate of drug-likeness (QED) is 0.162. The number of hydrogen-bond donors (Lipinski definition) is 0. The van der Waals surface area contributed by atoms with Crippen LogP contribution in [0, 0.1) is 19.1 Å². The summed E-state index contributed by atoms with van der Waals surface area (Å²) >= 11 is 0. The van der Waals surface area contributed by atoms with Crippen LogP contribution in [0.4, 0.5) is 0 Å². The van der Waals surface area contributed by atoms with Crippen LogP contribution in [0.2, 0.25) is 0 Å². The van der Waals surface area contributed by atoms with Crippen LogP contribution in [0.25, 0.3) is 38.8 Å². The van der Waals surface area contributed by atoms with Gasteiger partial charge in [-0.05, 0) is 61.6 Å². The molecule has 7 aromatic rings. The first-order chi connectivity index (χ1) is 25.3. The first-order valence-corrected chi connectivity index (χ1v) is 18.4. The van der Waals surface area contributed by atoms with E-state index in [1.807, 2.05) is 24.4 Å². The van der Waals surface area contributed by atoms with Crippen molar-refractivity contribution in [2.75, 3.05) is 0 Å². The monoisotopic (exact) mass is 888 g/mol. The molecule has 0 radical (unpaired) electrons. The van der Waals surface area contributed by atoms with Crippen LogP contribution in [0.1, 0.15) is 76.3 Å². The van der Waals surface area contributed by atoms with Crippen LogP contribution in [-0.2, 0) is 42.2 Å². The Morgan fingerprint density at radius 2 is 1.44 bits per heavy atom. The van der Waals surface area contributed by atoms with E-state index in [0.717, 1.165) is 49.9 Å². The summed E-state index contributed by atoms with van der Waals surface area (Å²) in [5.41, 5.74) is 8.82. The summed E-state index contributed by atoms with van der Waals surface area (Å²) in [6.45, 7) is 17.7. The van der Waals surface area contributed by atoms with Gasteiger partial charge in [0.15, 0.2) is 0 Å². The Labute approximate surface area is 332 Å². The second-order valence-electron chi connectivity index (χ2n) is 16.5.